The van der Waals surface area contributed by atoms with Gasteiger partial charge in [-0.15, -0.1) is 0 Å². The SMILES string of the molecule is Clc1ccc(COc2ccccc2C[NH2+]Cc2ccco2)c(Cl)c1. The molecular formula is C19H18Cl2NO2+. The maximum atomic E-state index is 6.20. The summed E-state index contributed by atoms with van der Waals surface area (Å²) in [5.41, 5.74) is 2.05. The Morgan fingerprint density at radius 3 is 2.58 bits per heavy atom. The molecular weight excluding hydrogens is 345 g/mol. The Morgan fingerprint density at radius 1 is 0.917 bits per heavy atom. The first-order chi connectivity index (χ1) is 11.7. The number of benzene rings is 2. The van der Waals surface area contributed by atoms with E-state index in [1.165, 1.54) is 0 Å². The standard InChI is InChI=1S/C19H17Cl2NO2/c20-16-8-7-15(18(21)10-16)13-24-19-6-2-1-4-14(19)11-22-12-17-5-3-9-23-17/h1-10,22H,11-13H2/p+1. The predicted octanol–water partition coefficient (Wildman–Crippen LogP) is 4.43. The van der Waals surface area contributed by atoms with Gasteiger partial charge in [-0.05, 0) is 36.4 Å². The van der Waals surface area contributed by atoms with E-state index >= 15 is 0 Å². The number of hydrogen-bond acceptors (Lipinski definition) is 2. The van der Waals surface area contributed by atoms with E-state index in [1.54, 1.807) is 12.3 Å². The zero-order chi connectivity index (χ0) is 16.8. The zero-order valence-corrected chi connectivity index (χ0v) is 14.6. The molecule has 0 radical (unpaired) electrons. The molecule has 0 unspecified atom stereocenters. The third-order valence-electron chi connectivity index (χ3n) is 3.66. The molecule has 0 aliphatic heterocycles. The molecule has 0 atom stereocenters. The molecule has 0 spiro atoms. The fourth-order valence-electron chi connectivity index (χ4n) is 2.41. The van der Waals surface area contributed by atoms with Gasteiger partial charge >= 0.3 is 0 Å². The Hall–Kier alpha value is -1.94. The quantitative estimate of drug-likeness (QED) is 0.675. The van der Waals surface area contributed by atoms with Crippen LogP contribution in [0.5, 0.6) is 5.75 Å². The highest BCUT2D eigenvalue weighted by Gasteiger charge is 2.08. The van der Waals surface area contributed by atoms with E-state index in [1.807, 2.05) is 42.5 Å². The number of nitrogens with two attached hydrogens (primary N) is 1. The predicted molar refractivity (Wildman–Crippen MR) is 95.3 cm³/mol. The van der Waals surface area contributed by atoms with Crippen LogP contribution in [-0.2, 0) is 19.7 Å². The molecule has 24 heavy (non-hydrogen) atoms. The topological polar surface area (TPSA) is 39.0 Å². The first kappa shape index (κ1) is 16.9. The highest BCUT2D eigenvalue weighted by molar-refractivity contribution is 6.35. The third-order valence-corrected chi connectivity index (χ3v) is 4.25. The van der Waals surface area contributed by atoms with E-state index in [0.29, 0.717) is 16.7 Å². The largest absolute Gasteiger partial charge is 0.488 e. The minimum atomic E-state index is 0.408. The average Bonchev–Trinajstić information content (AvgIpc) is 3.08. The zero-order valence-electron chi connectivity index (χ0n) is 13.0. The number of halogens is 2. The smallest absolute Gasteiger partial charge is 0.157 e. The van der Waals surface area contributed by atoms with Crippen molar-refractivity contribution in [3.05, 3.63) is 87.8 Å². The molecule has 2 aromatic carbocycles. The summed E-state index contributed by atoms with van der Waals surface area (Å²) in [6.45, 7) is 2.01. The van der Waals surface area contributed by atoms with Crippen molar-refractivity contribution in [3.8, 4) is 5.75 Å². The van der Waals surface area contributed by atoms with Gasteiger partial charge in [0.15, 0.2) is 5.76 Å². The molecule has 3 nitrogen and oxygen atoms in total. The van der Waals surface area contributed by atoms with Crippen LogP contribution >= 0.6 is 23.2 Å². The molecule has 0 saturated heterocycles. The van der Waals surface area contributed by atoms with Crippen molar-refractivity contribution in [3.63, 3.8) is 0 Å². The lowest BCUT2D eigenvalue weighted by Crippen LogP contribution is -2.80. The number of para-hydroxylation sites is 1. The summed E-state index contributed by atoms with van der Waals surface area (Å²) in [5, 5.41) is 3.41. The van der Waals surface area contributed by atoms with E-state index in [9.17, 15) is 0 Å². The summed E-state index contributed by atoms with van der Waals surface area (Å²) < 4.78 is 11.3. The minimum absolute atomic E-state index is 0.408. The van der Waals surface area contributed by atoms with Gasteiger partial charge in [-0.2, -0.15) is 0 Å². The van der Waals surface area contributed by atoms with Gasteiger partial charge < -0.3 is 14.5 Å². The van der Waals surface area contributed by atoms with Crippen LogP contribution in [0.2, 0.25) is 10.0 Å². The summed E-state index contributed by atoms with van der Waals surface area (Å²) in [5.74, 6) is 1.82. The molecule has 0 bridgehead atoms. The monoisotopic (exact) mass is 362 g/mol. The van der Waals surface area contributed by atoms with Crippen LogP contribution < -0.4 is 10.1 Å². The molecule has 1 aromatic heterocycles. The fourth-order valence-corrected chi connectivity index (χ4v) is 2.87. The maximum absolute atomic E-state index is 6.20. The Kier molecular flexibility index (Phi) is 5.81. The second-order valence-electron chi connectivity index (χ2n) is 5.41. The number of rotatable bonds is 7. The molecule has 0 aliphatic carbocycles. The van der Waals surface area contributed by atoms with E-state index in [0.717, 1.165) is 35.7 Å². The Morgan fingerprint density at radius 2 is 1.79 bits per heavy atom. The summed E-state index contributed by atoms with van der Waals surface area (Å²) >= 11 is 12.1. The van der Waals surface area contributed by atoms with Gasteiger partial charge in [-0.1, -0.05) is 41.4 Å². The van der Waals surface area contributed by atoms with Gasteiger partial charge in [-0.25, -0.2) is 0 Å². The average molecular weight is 363 g/mol. The van der Waals surface area contributed by atoms with Gasteiger partial charge in [-0.3, -0.25) is 0 Å². The normalized spacial score (nSPS) is 10.8. The van der Waals surface area contributed by atoms with Gasteiger partial charge in [0.05, 0.1) is 6.26 Å². The second kappa shape index (κ2) is 8.25. The van der Waals surface area contributed by atoms with Crippen LogP contribution in [0.4, 0.5) is 0 Å². The lowest BCUT2D eigenvalue weighted by Gasteiger charge is -2.11. The van der Waals surface area contributed by atoms with Gasteiger partial charge in [0.25, 0.3) is 0 Å². The van der Waals surface area contributed by atoms with Crippen LogP contribution in [0.25, 0.3) is 0 Å². The third kappa shape index (κ3) is 4.54. The number of furan rings is 1. The minimum Gasteiger partial charge on any atom is -0.488 e. The molecule has 3 rings (SSSR count). The molecule has 5 heteroatoms. The highest BCUT2D eigenvalue weighted by Crippen LogP contribution is 2.24. The van der Waals surface area contributed by atoms with Crippen LogP contribution in [0, 0.1) is 0 Å². The van der Waals surface area contributed by atoms with Gasteiger partial charge in [0.2, 0.25) is 0 Å². The van der Waals surface area contributed by atoms with Crippen molar-refractivity contribution in [1.29, 1.82) is 0 Å². The molecule has 0 amide bonds. The molecule has 1 heterocycles. The Labute approximate surface area is 151 Å². The van der Waals surface area contributed by atoms with Crippen LogP contribution in [0.1, 0.15) is 16.9 Å². The maximum Gasteiger partial charge on any atom is 0.157 e. The molecule has 0 aliphatic rings. The van der Waals surface area contributed by atoms with Crippen LogP contribution in [0.15, 0.2) is 65.3 Å². The van der Waals surface area contributed by atoms with Crippen LogP contribution in [-0.4, -0.2) is 0 Å². The number of ether oxygens (including phenoxy) is 1. The van der Waals surface area contributed by atoms with Crippen molar-refractivity contribution in [2.24, 2.45) is 0 Å². The van der Waals surface area contributed by atoms with Crippen LogP contribution in [0.3, 0.4) is 0 Å². The highest BCUT2D eigenvalue weighted by atomic mass is 35.5. The van der Waals surface area contributed by atoms with E-state index in [-0.39, 0.29) is 0 Å². The second-order valence-corrected chi connectivity index (χ2v) is 6.25. The Balaban J connectivity index is 1.61. The first-order valence-electron chi connectivity index (χ1n) is 7.71. The lowest BCUT2D eigenvalue weighted by molar-refractivity contribution is -0.688. The number of quaternary nitrogens is 1. The van der Waals surface area contributed by atoms with E-state index in [4.69, 9.17) is 32.4 Å². The first-order valence-corrected chi connectivity index (χ1v) is 8.46. The molecule has 3 aromatic rings. The van der Waals surface area contributed by atoms with E-state index in [2.05, 4.69) is 11.4 Å². The van der Waals surface area contributed by atoms with Crippen molar-refractivity contribution in [2.75, 3.05) is 0 Å². The molecule has 0 saturated carbocycles. The molecule has 124 valence electrons. The van der Waals surface area contributed by atoms with Crippen molar-refractivity contribution >= 4 is 23.2 Å². The Bertz CT molecular complexity index is 788. The summed E-state index contributed by atoms with van der Waals surface area (Å²) in [6, 6.07) is 17.3. The van der Waals surface area contributed by atoms with E-state index < -0.39 is 0 Å². The summed E-state index contributed by atoms with van der Waals surface area (Å²) in [6.07, 6.45) is 1.69. The number of hydrogen-bond donors (Lipinski definition) is 1. The molecule has 2 N–H and O–H groups in total. The van der Waals surface area contributed by atoms with Gasteiger partial charge in [0, 0.05) is 21.2 Å². The van der Waals surface area contributed by atoms with Crippen molar-refractivity contribution < 1.29 is 14.5 Å². The molecule has 0 fully saturated rings. The fraction of sp³-hybridized carbons (Fsp3) is 0.158. The van der Waals surface area contributed by atoms with Crippen molar-refractivity contribution in [1.82, 2.24) is 0 Å². The lowest BCUT2D eigenvalue weighted by atomic mass is 10.2. The summed E-state index contributed by atoms with van der Waals surface area (Å²) in [4.78, 5) is 0. The van der Waals surface area contributed by atoms with Gasteiger partial charge in [0.1, 0.15) is 25.4 Å². The van der Waals surface area contributed by atoms with Crippen molar-refractivity contribution in [2.45, 2.75) is 19.7 Å². The summed E-state index contributed by atoms with van der Waals surface area (Å²) in [7, 11) is 0.